The van der Waals surface area contributed by atoms with Gasteiger partial charge < -0.3 is 14.6 Å². The number of thioether (sulfide) groups is 1. The number of benzene rings is 1. The standard InChI is InChI=1S/C17H26N2OS/c1-3-21-13-5-10-19-11-8-15-6-4-7-16(17(15)19)14-18-9-12-20-2/h4,6-8,11,18H,3,5,9-10,12-14H2,1-2H3. The topological polar surface area (TPSA) is 26.2 Å². The highest BCUT2D eigenvalue weighted by Gasteiger charge is 2.06. The fourth-order valence-corrected chi connectivity index (χ4v) is 3.17. The summed E-state index contributed by atoms with van der Waals surface area (Å²) in [6.45, 7) is 5.87. The van der Waals surface area contributed by atoms with Crippen LogP contribution in [0.3, 0.4) is 0 Å². The van der Waals surface area contributed by atoms with Crippen molar-refractivity contribution in [1.82, 2.24) is 9.88 Å². The van der Waals surface area contributed by atoms with Crippen LogP contribution in [0.1, 0.15) is 18.9 Å². The minimum atomic E-state index is 0.755. The average Bonchev–Trinajstić information content (AvgIpc) is 2.92. The van der Waals surface area contributed by atoms with Crippen molar-refractivity contribution in [3.63, 3.8) is 0 Å². The molecule has 0 aliphatic heterocycles. The number of fused-ring (bicyclic) bond motifs is 1. The molecule has 1 N–H and O–H groups in total. The molecule has 1 aromatic heterocycles. The average molecular weight is 306 g/mol. The van der Waals surface area contributed by atoms with Crippen LogP contribution in [0.2, 0.25) is 0 Å². The minimum Gasteiger partial charge on any atom is -0.383 e. The molecule has 0 bridgehead atoms. The first-order valence-corrected chi connectivity index (χ1v) is 8.86. The van der Waals surface area contributed by atoms with E-state index in [1.165, 1.54) is 34.4 Å². The second-order valence-corrected chi connectivity index (χ2v) is 6.48. The lowest BCUT2D eigenvalue weighted by Crippen LogP contribution is -2.19. The predicted molar refractivity (Wildman–Crippen MR) is 93.1 cm³/mol. The van der Waals surface area contributed by atoms with Crippen LogP contribution in [-0.2, 0) is 17.8 Å². The SMILES string of the molecule is CCSCCCn1ccc2cccc(CNCCOC)c21. The number of rotatable bonds is 10. The van der Waals surface area contributed by atoms with E-state index in [1.807, 2.05) is 11.8 Å². The van der Waals surface area contributed by atoms with Crippen molar-refractivity contribution in [3.05, 3.63) is 36.0 Å². The third kappa shape index (κ3) is 4.77. The fraction of sp³-hybridized carbons (Fsp3) is 0.529. The number of hydrogen-bond donors (Lipinski definition) is 1. The van der Waals surface area contributed by atoms with Crippen LogP contribution >= 0.6 is 11.8 Å². The largest absolute Gasteiger partial charge is 0.383 e. The molecule has 0 radical (unpaired) electrons. The van der Waals surface area contributed by atoms with Crippen molar-refractivity contribution in [2.45, 2.75) is 26.4 Å². The summed E-state index contributed by atoms with van der Waals surface area (Å²) in [5.74, 6) is 2.45. The van der Waals surface area contributed by atoms with E-state index in [9.17, 15) is 0 Å². The van der Waals surface area contributed by atoms with Crippen molar-refractivity contribution in [3.8, 4) is 0 Å². The zero-order chi connectivity index (χ0) is 14.9. The zero-order valence-electron chi connectivity index (χ0n) is 13.1. The number of aromatic nitrogens is 1. The van der Waals surface area contributed by atoms with Gasteiger partial charge in [0.25, 0.3) is 0 Å². The quantitative estimate of drug-likeness (QED) is 0.680. The molecule has 3 nitrogen and oxygen atoms in total. The van der Waals surface area contributed by atoms with Gasteiger partial charge >= 0.3 is 0 Å². The van der Waals surface area contributed by atoms with Crippen molar-refractivity contribution < 1.29 is 4.74 Å². The normalized spacial score (nSPS) is 11.3. The van der Waals surface area contributed by atoms with Gasteiger partial charge in [0.2, 0.25) is 0 Å². The molecular formula is C17H26N2OS. The molecule has 1 aromatic carbocycles. The Kier molecular flexibility index (Phi) is 7.13. The minimum absolute atomic E-state index is 0.755. The van der Waals surface area contributed by atoms with Crippen molar-refractivity contribution in [2.24, 2.45) is 0 Å². The molecule has 0 fully saturated rings. The molecule has 0 saturated carbocycles. The first-order chi connectivity index (χ1) is 10.4. The Bertz CT molecular complexity index is 539. The summed E-state index contributed by atoms with van der Waals surface area (Å²) in [7, 11) is 1.74. The van der Waals surface area contributed by atoms with Gasteiger partial charge in [-0.05, 0) is 34.9 Å². The number of aryl methyl sites for hydroxylation is 1. The van der Waals surface area contributed by atoms with E-state index >= 15 is 0 Å². The third-order valence-electron chi connectivity index (χ3n) is 3.56. The second-order valence-electron chi connectivity index (χ2n) is 5.08. The van der Waals surface area contributed by atoms with Gasteiger partial charge in [0, 0.05) is 32.9 Å². The lowest BCUT2D eigenvalue weighted by atomic mass is 10.1. The summed E-state index contributed by atoms with van der Waals surface area (Å²) in [4.78, 5) is 0. The van der Waals surface area contributed by atoms with Crippen LogP contribution in [0.4, 0.5) is 0 Å². The molecule has 0 unspecified atom stereocenters. The van der Waals surface area contributed by atoms with Crippen molar-refractivity contribution in [2.75, 3.05) is 31.8 Å². The Balaban J connectivity index is 2.04. The van der Waals surface area contributed by atoms with E-state index < -0.39 is 0 Å². The van der Waals surface area contributed by atoms with E-state index in [4.69, 9.17) is 4.74 Å². The smallest absolute Gasteiger partial charge is 0.0587 e. The molecule has 0 atom stereocenters. The van der Waals surface area contributed by atoms with Crippen molar-refractivity contribution in [1.29, 1.82) is 0 Å². The summed E-state index contributed by atoms with van der Waals surface area (Å²) >= 11 is 2.02. The molecule has 1 heterocycles. The van der Waals surface area contributed by atoms with Gasteiger partial charge in [-0.2, -0.15) is 11.8 Å². The number of ether oxygens (including phenoxy) is 1. The summed E-state index contributed by atoms with van der Waals surface area (Å²) in [5.41, 5.74) is 2.75. The maximum Gasteiger partial charge on any atom is 0.0587 e. The first kappa shape index (κ1) is 16.4. The van der Waals surface area contributed by atoms with Crippen molar-refractivity contribution >= 4 is 22.7 Å². The molecule has 0 aliphatic carbocycles. The van der Waals surface area contributed by atoms with Gasteiger partial charge in [0.15, 0.2) is 0 Å². The van der Waals surface area contributed by atoms with Crippen LogP contribution in [0.25, 0.3) is 10.9 Å². The van der Waals surface area contributed by atoms with E-state index in [2.05, 4.69) is 47.3 Å². The predicted octanol–water partition coefficient (Wildman–Crippen LogP) is 3.52. The van der Waals surface area contributed by atoms with Crippen LogP contribution in [0, 0.1) is 0 Å². The fourth-order valence-electron chi connectivity index (χ4n) is 2.55. The van der Waals surface area contributed by atoms with Gasteiger partial charge in [-0.15, -0.1) is 0 Å². The van der Waals surface area contributed by atoms with E-state index in [1.54, 1.807) is 7.11 Å². The Morgan fingerprint density at radius 2 is 2.19 bits per heavy atom. The Morgan fingerprint density at radius 1 is 1.29 bits per heavy atom. The highest BCUT2D eigenvalue weighted by molar-refractivity contribution is 7.99. The molecular weight excluding hydrogens is 280 g/mol. The Morgan fingerprint density at radius 3 is 3.00 bits per heavy atom. The van der Waals surface area contributed by atoms with E-state index in [0.717, 1.165) is 26.2 Å². The zero-order valence-corrected chi connectivity index (χ0v) is 13.9. The third-order valence-corrected chi connectivity index (χ3v) is 4.55. The molecule has 0 spiro atoms. The second kappa shape index (κ2) is 9.13. The maximum absolute atomic E-state index is 5.08. The molecule has 2 rings (SSSR count). The number of methoxy groups -OCH3 is 1. The lowest BCUT2D eigenvalue weighted by Gasteiger charge is -2.11. The molecule has 116 valence electrons. The van der Waals surface area contributed by atoms with Crippen LogP contribution in [0.5, 0.6) is 0 Å². The van der Waals surface area contributed by atoms with Crippen LogP contribution in [0.15, 0.2) is 30.5 Å². The maximum atomic E-state index is 5.08. The lowest BCUT2D eigenvalue weighted by molar-refractivity contribution is 0.199. The first-order valence-electron chi connectivity index (χ1n) is 7.71. The Hall–Kier alpha value is -0.970. The van der Waals surface area contributed by atoms with Gasteiger partial charge in [0.05, 0.1) is 12.1 Å². The molecule has 4 heteroatoms. The van der Waals surface area contributed by atoms with E-state index in [0.29, 0.717) is 0 Å². The summed E-state index contributed by atoms with van der Waals surface area (Å²) < 4.78 is 7.48. The molecule has 21 heavy (non-hydrogen) atoms. The highest BCUT2D eigenvalue weighted by atomic mass is 32.2. The van der Waals surface area contributed by atoms with Gasteiger partial charge in [0.1, 0.15) is 0 Å². The van der Waals surface area contributed by atoms with Crippen LogP contribution in [-0.4, -0.2) is 36.3 Å². The monoisotopic (exact) mass is 306 g/mol. The van der Waals surface area contributed by atoms with Crippen LogP contribution < -0.4 is 5.32 Å². The number of nitrogens with one attached hydrogen (secondary N) is 1. The van der Waals surface area contributed by atoms with Gasteiger partial charge in [-0.3, -0.25) is 0 Å². The van der Waals surface area contributed by atoms with Gasteiger partial charge in [-0.25, -0.2) is 0 Å². The molecule has 0 amide bonds. The number of para-hydroxylation sites is 1. The number of hydrogen-bond acceptors (Lipinski definition) is 3. The van der Waals surface area contributed by atoms with E-state index in [-0.39, 0.29) is 0 Å². The molecule has 2 aromatic rings. The highest BCUT2D eigenvalue weighted by Crippen LogP contribution is 2.21. The molecule has 0 saturated heterocycles. The number of nitrogens with zero attached hydrogens (tertiary/aromatic N) is 1. The van der Waals surface area contributed by atoms with Gasteiger partial charge in [-0.1, -0.05) is 25.1 Å². The summed E-state index contributed by atoms with van der Waals surface area (Å²) in [6, 6.07) is 8.79. The Labute approximate surface area is 132 Å². The summed E-state index contributed by atoms with van der Waals surface area (Å²) in [6.07, 6.45) is 3.45. The summed E-state index contributed by atoms with van der Waals surface area (Å²) in [5, 5.41) is 4.78. The molecule has 0 aliphatic rings.